The Kier molecular flexibility index (Phi) is 13.9. The van der Waals surface area contributed by atoms with E-state index in [0.29, 0.717) is 12.6 Å². The Morgan fingerprint density at radius 1 is 0.850 bits per heavy atom. The quantitative estimate of drug-likeness (QED) is 0.416. The second kappa shape index (κ2) is 13.4. The molecule has 0 rings (SSSR count). The van der Waals surface area contributed by atoms with Crippen molar-refractivity contribution in [3.8, 4) is 0 Å². The van der Waals surface area contributed by atoms with Gasteiger partial charge in [0.2, 0.25) is 0 Å². The van der Waals surface area contributed by atoms with Crippen molar-refractivity contribution in [3.63, 3.8) is 0 Å². The van der Waals surface area contributed by atoms with Crippen LogP contribution in [0.1, 0.15) is 72.6 Å². The first-order valence-electron chi connectivity index (χ1n) is 8.99. The summed E-state index contributed by atoms with van der Waals surface area (Å²) in [6, 6.07) is 0. The Hall–Kier alpha value is 0.719. The molecule has 0 saturated carbocycles. The van der Waals surface area contributed by atoms with E-state index in [1.165, 1.54) is 51.8 Å². The molecule has 0 aromatic rings. The van der Waals surface area contributed by atoms with E-state index < -0.39 is 18.4 Å². The van der Waals surface area contributed by atoms with Gasteiger partial charge >= 0.3 is 132 Å². The summed E-state index contributed by atoms with van der Waals surface area (Å²) in [5, 5.41) is 0. The Morgan fingerprint density at radius 2 is 1.30 bits per heavy atom. The van der Waals surface area contributed by atoms with Crippen molar-refractivity contribution in [2.45, 2.75) is 92.1 Å². The summed E-state index contributed by atoms with van der Waals surface area (Å²) in [5.74, 6) is 0. The average molecular weight is 392 g/mol. The van der Waals surface area contributed by atoms with Crippen molar-refractivity contribution in [2.24, 2.45) is 5.73 Å². The minimum atomic E-state index is -2.07. The number of hydrogen-bond donors (Lipinski definition) is 1. The fourth-order valence-corrected chi connectivity index (χ4v) is 17.4. The van der Waals surface area contributed by atoms with Crippen LogP contribution in [0.4, 0.5) is 0 Å². The first-order chi connectivity index (χ1) is 9.67. The molecule has 0 bridgehead atoms. The Balaban J connectivity index is 4.64. The molecule has 0 aromatic heterocycles. The molecule has 2 nitrogen and oxygen atoms in total. The minimum absolute atomic E-state index is 0.302. The average Bonchev–Trinajstić information content (AvgIpc) is 2.49. The first kappa shape index (κ1) is 20.7. The predicted octanol–water partition coefficient (Wildman–Crippen LogP) is 5.13. The molecule has 0 fully saturated rings. The molecule has 1 unspecified atom stereocenters. The van der Waals surface area contributed by atoms with Gasteiger partial charge in [0.25, 0.3) is 0 Å². The van der Waals surface area contributed by atoms with Crippen molar-refractivity contribution in [1.82, 2.24) is 0 Å². The third-order valence-corrected chi connectivity index (χ3v) is 18.9. The van der Waals surface area contributed by atoms with E-state index in [2.05, 4.69) is 27.7 Å². The van der Waals surface area contributed by atoms with Crippen LogP contribution in [0.2, 0.25) is 13.3 Å². The van der Waals surface area contributed by atoms with Crippen LogP contribution in [0.5, 0.6) is 0 Å². The van der Waals surface area contributed by atoms with Gasteiger partial charge in [-0.3, -0.25) is 0 Å². The van der Waals surface area contributed by atoms with Crippen LogP contribution in [0.25, 0.3) is 0 Å². The van der Waals surface area contributed by atoms with Gasteiger partial charge in [-0.2, -0.15) is 0 Å². The zero-order valence-electron chi connectivity index (χ0n) is 14.5. The van der Waals surface area contributed by atoms with Crippen LogP contribution in [0.15, 0.2) is 0 Å². The van der Waals surface area contributed by atoms with E-state index in [0.717, 1.165) is 11.0 Å². The van der Waals surface area contributed by atoms with Crippen molar-refractivity contribution in [1.29, 1.82) is 0 Å². The summed E-state index contributed by atoms with van der Waals surface area (Å²) in [4.78, 5) is 0. The van der Waals surface area contributed by atoms with Crippen molar-refractivity contribution in [2.75, 3.05) is 11.2 Å². The summed E-state index contributed by atoms with van der Waals surface area (Å²) in [6.45, 7) is 9.86. The van der Waals surface area contributed by atoms with E-state index in [4.69, 9.17) is 10.5 Å². The molecule has 0 radical (unpaired) electrons. The molecule has 0 saturated heterocycles. The van der Waals surface area contributed by atoms with Gasteiger partial charge in [0.1, 0.15) is 0 Å². The number of nitrogens with two attached hydrogens (primary N) is 1. The molecule has 0 aliphatic carbocycles. The normalized spacial score (nSPS) is 13.7. The molecule has 0 aromatic carbocycles. The predicted molar refractivity (Wildman–Crippen MR) is 94.0 cm³/mol. The van der Waals surface area contributed by atoms with Crippen molar-refractivity contribution >= 4 is 18.4 Å². The van der Waals surface area contributed by atoms with E-state index in [1.54, 1.807) is 0 Å². The van der Waals surface area contributed by atoms with Crippen LogP contribution in [0.3, 0.4) is 0 Å². The number of ether oxygens (including phenoxy) is 1. The zero-order chi connectivity index (χ0) is 15.3. The first-order valence-corrected chi connectivity index (χ1v) is 17.1. The van der Waals surface area contributed by atoms with Gasteiger partial charge in [0, 0.05) is 0 Å². The van der Waals surface area contributed by atoms with Gasteiger partial charge in [0.05, 0.1) is 0 Å². The Morgan fingerprint density at radius 3 is 1.60 bits per heavy atom. The van der Waals surface area contributed by atoms with Crippen LogP contribution >= 0.6 is 0 Å². The molecule has 0 spiro atoms. The summed E-state index contributed by atoms with van der Waals surface area (Å²) in [5.41, 5.74) is 5.81. The maximum absolute atomic E-state index is 6.27. The fourth-order valence-electron chi connectivity index (χ4n) is 2.89. The maximum atomic E-state index is 6.27. The van der Waals surface area contributed by atoms with E-state index in [1.807, 2.05) is 0 Å². The summed E-state index contributed by atoms with van der Waals surface area (Å²) >= 11 is -2.07. The van der Waals surface area contributed by atoms with Gasteiger partial charge < -0.3 is 0 Å². The molecule has 0 amide bonds. The molecule has 3 heteroatoms. The molecule has 0 aliphatic rings. The molecule has 1 atom stereocenters. The SMILES string of the molecule is CCC[CH2][Sn]([CH2]CCC)([CH2]CCC)[CH2]OC(CC)CN. The van der Waals surface area contributed by atoms with E-state index in [-0.39, 0.29) is 0 Å². The standard InChI is InChI=1S/C5H12NO.3C4H9.Sn/c1-3-5(4-6)7-2;3*1-3-4-2;/h5H,2-4,6H2,1H3;3*1,3-4H2,2H3;. The summed E-state index contributed by atoms with van der Waals surface area (Å²) in [6.07, 6.45) is 9.65. The molecular weight excluding hydrogens is 353 g/mol. The zero-order valence-corrected chi connectivity index (χ0v) is 17.4. The number of hydrogen-bond acceptors (Lipinski definition) is 2. The molecule has 0 aliphatic heterocycles. The number of rotatable bonds is 14. The van der Waals surface area contributed by atoms with Gasteiger partial charge in [-0.15, -0.1) is 0 Å². The molecule has 122 valence electrons. The summed E-state index contributed by atoms with van der Waals surface area (Å²) < 4.78 is 12.0. The van der Waals surface area contributed by atoms with Crippen LogP contribution in [-0.2, 0) is 4.74 Å². The Labute approximate surface area is 132 Å². The van der Waals surface area contributed by atoms with E-state index >= 15 is 0 Å². The molecule has 0 heterocycles. The molecular formula is C17H39NOSn. The Bertz CT molecular complexity index is 185. The summed E-state index contributed by atoms with van der Waals surface area (Å²) in [7, 11) is 0. The van der Waals surface area contributed by atoms with E-state index in [9.17, 15) is 0 Å². The monoisotopic (exact) mass is 393 g/mol. The number of unbranched alkanes of at least 4 members (excludes halogenated alkanes) is 3. The second-order valence-electron chi connectivity index (χ2n) is 6.39. The molecule has 20 heavy (non-hydrogen) atoms. The van der Waals surface area contributed by atoms with Gasteiger partial charge in [0.15, 0.2) is 0 Å². The van der Waals surface area contributed by atoms with Crippen molar-refractivity contribution < 1.29 is 4.74 Å². The van der Waals surface area contributed by atoms with Gasteiger partial charge in [-0.25, -0.2) is 0 Å². The van der Waals surface area contributed by atoms with Crippen LogP contribution in [-0.4, -0.2) is 35.6 Å². The fraction of sp³-hybridized carbons (Fsp3) is 1.00. The second-order valence-corrected chi connectivity index (χ2v) is 20.1. The topological polar surface area (TPSA) is 35.2 Å². The van der Waals surface area contributed by atoms with Crippen LogP contribution in [0, 0.1) is 0 Å². The van der Waals surface area contributed by atoms with Crippen LogP contribution < -0.4 is 5.73 Å². The third kappa shape index (κ3) is 8.88. The van der Waals surface area contributed by atoms with Gasteiger partial charge in [-0.1, -0.05) is 0 Å². The van der Waals surface area contributed by atoms with Gasteiger partial charge in [-0.05, 0) is 0 Å². The third-order valence-electron chi connectivity index (χ3n) is 4.53. The van der Waals surface area contributed by atoms with Crippen molar-refractivity contribution in [3.05, 3.63) is 0 Å². The molecule has 2 N–H and O–H groups in total.